The predicted molar refractivity (Wildman–Crippen MR) is 73.1 cm³/mol. The quantitative estimate of drug-likeness (QED) is 0.876. The van der Waals surface area contributed by atoms with E-state index in [1.807, 2.05) is 6.92 Å². The predicted octanol–water partition coefficient (Wildman–Crippen LogP) is 0.476. The van der Waals surface area contributed by atoms with Crippen molar-refractivity contribution in [2.75, 3.05) is 13.1 Å². The molecule has 1 aromatic rings. The lowest BCUT2D eigenvalue weighted by atomic mass is 9.92. The van der Waals surface area contributed by atoms with Crippen LogP contribution in [0.4, 0.5) is 0 Å². The van der Waals surface area contributed by atoms with Gasteiger partial charge in [-0.05, 0) is 32.6 Å². The van der Waals surface area contributed by atoms with Crippen LogP contribution in [0.5, 0.6) is 0 Å². The van der Waals surface area contributed by atoms with Gasteiger partial charge < -0.3 is 5.73 Å². The van der Waals surface area contributed by atoms with Gasteiger partial charge in [0, 0.05) is 26.2 Å². The maximum Gasteiger partial charge on any atom is 0.246 e. The normalized spacial score (nSPS) is 20.6. The molecule has 0 bridgehead atoms. The molecule has 7 heteroatoms. The third-order valence-electron chi connectivity index (χ3n) is 4.05. The van der Waals surface area contributed by atoms with Crippen molar-refractivity contribution in [2.45, 2.75) is 37.6 Å². The number of piperidine rings is 1. The van der Waals surface area contributed by atoms with Crippen molar-refractivity contribution >= 4 is 10.0 Å². The molecule has 2 rings (SSSR count). The van der Waals surface area contributed by atoms with Crippen LogP contribution in [0.3, 0.4) is 0 Å². The first-order chi connectivity index (χ1) is 8.84. The number of nitrogens with two attached hydrogens (primary N) is 1. The molecule has 2 heterocycles. The standard InChI is InChI=1S/C12H22N4O2S/c1-9(13)11-4-6-16(7-5-11)19(17,18)12-8-14-15(3)10(12)2/h8-9,11H,4-7,13H2,1-3H3. The molecule has 6 nitrogen and oxygen atoms in total. The molecular formula is C12H22N4O2S. The van der Waals surface area contributed by atoms with Crippen LogP contribution in [0.25, 0.3) is 0 Å². The van der Waals surface area contributed by atoms with E-state index in [1.54, 1.807) is 23.0 Å². The largest absolute Gasteiger partial charge is 0.328 e. The van der Waals surface area contributed by atoms with Gasteiger partial charge in [0.2, 0.25) is 10.0 Å². The zero-order valence-corrected chi connectivity index (χ0v) is 12.5. The number of hydrogen-bond acceptors (Lipinski definition) is 4. The Labute approximate surface area is 114 Å². The van der Waals surface area contributed by atoms with E-state index in [0.717, 1.165) is 12.8 Å². The number of hydrogen-bond donors (Lipinski definition) is 1. The summed E-state index contributed by atoms with van der Waals surface area (Å²) in [5.74, 6) is 0.418. The van der Waals surface area contributed by atoms with Crippen molar-refractivity contribution in [3.8, 4) is 0 Å². The molecule has 0 aliphatic carbocycles. The Bertz CT molecular complexity index is 542. The van der Waals surface area contributed by atoms with Gasteiger partial charge in [0.25, 0.3) is 0 Å². The van der Waals surface area contributed by atoms with E-state index in [9.17, 15) is 8.42 Å². The molecule has 1 aliphatic heterocycles. The van der Waals surface area contributed by atoms with Crippen LogP contribution in [0.1, 0.15) is 25.5 Å². The summed E-state index contributed by atoms with van der Waals surface area (Å²) in [5.41, 5.74) is 6.55. The summed E-state index contributed by atoms with van der Waals surface area (Å²) in [4.78, 5) is 0.314. The van der Waals surface area contributed by atoms with Crippen LogP contribution in [-0.2, 0) is 17.1 Å². The fourth-order valence-electron chi connectivity index (χ4n) is 2.51. The lowest BCUT2D eigenvalue weighted by Crippen LogP contribution is -2.42. The van der Waals surface area contributed by atoms with Crippen LogP contribution in [0, 0.1) is 12.8 Å². The highest BCUT2D eigenvalue weighted by Crippen LogP contribution is 2.26. The maximum absolute atomic E-state index is 12.5. The lowest BCUT2D eigenvalue weighted by Gasteiger charge is -2.32. The topological polar surface area (TPSA) is 81.2 Å². The van der Waals surface area contributed by atoms with E-state index in [4.69, 9.17) is 5.73 Å². The molecule has 2 N–H and O–H groups in total. The summed E-state index contributed by atoms with van der Waals surface area (Å²) in [7, 11) is -1.67. The summed E-state index contributed by atoms with van der Waals surface area (Å²) in [5, 5.41) is 4.01. The molecular weight excluding hydrogens is 264 g/mol. The van der Waals surface area contributed by atoms with Gasteiger partial charge in [0.1, 0.15) is 4.90 Å². The van der Waals surface area contributed by atoms with Crippen LogP contribution >= 0.6 is 0 Å². The smallest absolute Gasteiger partial charge is 0.246 e. The van der Waals surface area contributed by atoms with Crippen LogP contribution in [0.2, 0.25) is 0 Å². The molecule has 0 aromatic carbocycles. The molecule has 19 heavy (non-hydrogen) atoms. The van der Waals surface area contributed by atoms with Crippen molar-refractivity contribution in [1.29, 1.82) is 0 Å². The molecule has 0 amide bonds. The first kappa shape index (κ1) is 14.5. The van der Waals surface area contributed by atoms with Gasteiger partial charge in [0.05, 0.1) is 11.9 Å². The average molecular weight is 286 g/mol. The zero-order chi connectivity index (χ0) is 14.2. The SMILES string of the molecule is Cc1c(S(=O)(=O)N2CCC(C(C)N)CC2)cnn1C. The minimum absolute atomic E-state index is 0.130. The first-order valence-corrected chi connectivity index (χ1v) is 8.02. The highest BCUT2D eigenvalue weighted by atomic mass is 32.2. The highest BCUT2D eigenvalue weighted by molar-refractivity contribution is 7.89. The molecule has 0 saturated carbocycles. The Morgan fingerprint density at radius 3 is 2.42 bits per heavy atom. The van der Waals surface area contributed by atoms with Gasteiger partial charge in [-0.2, -0.15) is 9.40 Å². The van der Waals surface area contributed by atoms with Crippen LogP contribution < -0.4 is 5.73 Å². The summed E-state index contributed by atoms with van der Waals surface area (Å²) >= 11 is 0. The Kier molecular flexibility index (Phi) is 3.98. The zero-order valence-electron chi connectivity index (χ0n) is 11.7. The molecule has 1 fully saturated rings. The minimum atomic E-state index is -3.41. The Morgan fingerprint density at radius 2 is 2.00 bits per heavy atom. The fourth-order valence-corrected chi connectivity index (χ4v) is 4.17. The molecule has 1 atom stereocenters. The van der Waals surface area contributed by atoms with Gasteiger partial charge in [-0.1, -0.05) is 0 Å². The molecule has 1 saturated heterocycles. The molecule has 0 radical (unpaired) electrons. The summed E-state index contributed by atoms with van der Waals surface area (Å²) in [6.45, 7) is 4.85. The third kappa shape index (κ3) is 2.68. The molecule has 1 aromatic heterocycles. The van der Waals surface area contributed by atoms with E-state index < -0.39 is 10.0 Å². The second-order valence-corrected chi connectivity index (χ2v) is 7.22. The first-order valence-electron chi connectivity index (χ1n) is 6.58. The fraction of sp³-hybridized carbons (Fsp3) is 0.750. The Morgan fingerprint density at radius 1 is 1.42 bits per heavy atom. The van der Waals surface area contributed by atoms with Gasteiger partial charge in [0.15, 0.2) is 0 Å². The number of aromatic nitrogens is 2. The Hall–Kier alpha value is -0.920. The van der Waals surface area contributed by atoms with Gasteiger partial charge in [-0.15, -0.1) is 0 Å². The van der Waals surface area contributed by atoms with E-state index in [2.05, 4.69) is 5.10 Å². The number of rotatable bonds is 3. The average Bonchev–Trinajstić information content (AvgIpc) is 2.70. The van der Waals surface area contributed by atoms with Crippen molar-refractivity contribution in [2.24, 2.45) is 18.7 Å². The van der Waals surface area contributed by atoms with Crippen molar-refractivity contribution < 1.29 is 8.42 Å². The number of nitrogens with zero attached hydrogens (tertiary/aromatic N) is 3. The van der Waals surface area contributed by atoms with E-state index in [1.165, 1.54) is 6.20 Å². The summed E-state index contributed by atoms with van der Waals surface area (Å²) in [6.07, 6.45) is 3.09. The van der Waals surface area contributed by atoms with E-state index in [-0.39, 0.29) is 6.04 Å². The highest BCUT2D eigenvalue weighted by Gasteiger charge is 2.32. The second kappa shape index (κ2) is 5.22. The van der Waals surface area contributed by atoms with Crippen LogP contribution in [0.15, 0.2) is 11.1 Å². The van der Waals surface area contributed by atoms with Crippen molar-refractivity contribution in [3.63, 3.8) is 0 Å². The monoisotopic (exact) mass is 286 g/mol. The van der Waals surface area contributed by atoms with Crippen molar-refractivity contribution in [3.05, 3.63) is 11.9 Å². The molecule has 108 valence electrons. The lowest BCUT2D eigenvalue weighted by molar-refractivity contribution is 0.250. The van der Waals surface area contributed by atoms with Gasteiger partial charge in [-0.25, -0.2) is 8.42 Å². The van der Waals surface area contributed by atoms with Crippen LogP contribution in [-0.4, -0.2) is 41.6 Å². The summed E-state index contributed by atoms with van der Waals surface area (Å²) < 4.78 is 28.2. The minimum Gasteiger partial charge on any atom is -0.328 e. The number of aryl methyl sites for hydroxylation is 1. The van der Waals surface area contributed by atoms with Gasteiger partial charge >= 0.3 is 0 Å². The second-order valence-electron chi connectivity index (χ2n) is 5.32. The van der Waals surface area contributed by atoms with E-state index >= 15 is 0 Å². The molecule has 1 unspecified atom stereocenters. The third-order valence-corrected chi connectivity index (χ3v) is 6.05. The van der Waals surface area contributed by atoms with E-state index in [0.29, 0.717) is 29.6 Å². The summed E-state index contributed by atoms with van der Waals surface area (Å²) in [6, 6.07) is 0.130. The molecule has 1 aliphatic rings. The van der Waals surface area contributed by atoms with Gasteiger partial charge in [-0.3, -0.25) is 4.68 Å². The maximum atomic E-state index is 12.5. The Balaban J connectivity index is 2.17. The number of sulfonamides is 1. The van der Waals surface area contributed by atoms with Crippen molar-refractivity contribution in [1.82, 2.24) is 14.1 Å². The molecule has 0 spiro atoms.